The molecule has 0 aromatic heterocycles. The zero-order chi connectivity index (χ0) is 17.9. The van der Waals surface area contributed by atoms with Gasteiger partial charge in [-0.3, -0.25) is 14.9 Å². The molecule has 2 aromatic carbocycles. The van der Waals surface area contributed by atoms with E-state index < -0.39 is 16.8 Å². The largest absolute Gasteiger partial charge is 0.465 e. The van der Waals surface area contributed by atoms with Gasteiger partial charge in [-0.25, -0.2) is 4.79 Å². The van der Waals surface area contributed by atoms with E-state index in [9.17, 15) is 19.7 Å². The fourth-order valence-electron chi connectivity index (χ4n) is 1.86. The number of hydrogen-bond donors (Lipinski definition) is 1. The summed E-state index contributed by atoms with van der Waals surface area (Å²) >= 11 is 11.9. The fourth-order valence-corrected chi connectivity index (χ4v) is 2.28. The molecule has 0 aliphatic heterocycles. The minimum Gasteiger partial charge on any atom is -0.465 e. The van der Waals surface area contributed by atoms with Crippen LogP contribution in [0.15, 0.2) is 36.4 Å². The molecule has 0 saturated carbocycles. The normalized spacial score (nSPS) is 10.1. The second-order valence-electron chi connectivity index (χ2n) is 4.56. The molecule has 1 amide bonds. The van der Waals surface area contributed by atoms with Gasteiger partial charge in [0.2, 0.25) is 0 Å². The van der Waals surface area contributed by atoms with Crippen molar-refractivity contribution in [1.82, 2.24) is 0 Å². The first-order chi connectivity index (χ1) is 11.3. The van der Waals surface area contributed by atoms with Gasteiger partial charge in [-0.15, -0.1) is 0 Å². The molecule has 0 unspecified atom stereocenters. The summed E-state index contributed by atoms with van der Waals surface area (Å²) < 4.78 is 4.60. The number of amides is 1. The van der Waals surface area contributed by atoms with Crippen LogP contribution in [0.25, 0.3) is 0 Å². The van der Waals surface area contributed by atoms with E-state index in [2.05, 4.69) is 10.1 Å². The lowest BCUT2D eigenvalue weighted by Crippen LogP contribution is -2.13. The molecule has 2 aromatic rings. The zero-order valence-corrected chi connectivity index (χ0v) is 13.7. The van der Waals surface area contributed by atoms with Gasteiger partial charge in [0.25, 0.3) is 11.6 Å². The molecule has 0 saturated heterocycles. The van der Waals surface area contributed by atoms with Crippen molar-refractivity contribution in [2.45, 2.75) is 0 Å². The maximum atomic E-state index is 12.3. The number of nitro groups is 1. The summed E-state index contributed by atoms with van der Waals surface area (Å²) in [4.78, 5) is 33.9. The Balaban J connectivity index is 2.30. The van der Waals surface area contributed by atoms with E-state index in [0.29, 0.717) is 0 Å². The second kappa shape index (κ2) is 7.29. The molecule has 7 nitrogen and oxygen atoms in total. The maximum Gasteiger partial charge on any atom is 0.337 e. The van der Waals surface area contributed by atoms with Gasteiger partial charge in [0, 0.05) is 12.1 Å². The predicted octanol–water partition coefficient (Wildman–Crippen LogP) is 3.94. The number of esters is 1. The van der Waals surface area contributed by atoms with Crippen LogP contribution in [0.2, 0.25) is 10.0 Å². The number of rotatable bonds is 4. The highest BCUT2D eigenvalue weighted by molar-refractivity contribution is 6.36. The molecule has 0 bridgehead atoms. The second-order valence-corrected chi connectivity index (χ2v) is 5.38. The Morgan fingerprint density at radius 1 is 1.12 bits per heavy atom. The number of halogens is 2. The van der Waals surface area contributed by atoms with Gasteiger partial charge >= 0.3 is 5.97 Å². The Bertz CT molecular complexity index is 839. The summed E-state index contributed by atoms with van der Waals surface area (Å²) in [6, 6.07) is 7.69. The summed E-state index contributed by atoms with van der Waals surface area (Å²) in [7, 11) is 1.23. The monoisotopic (exact) mass is 368 g/mol. The van der Waals surface area contributed by atoms with Crippen LogP contribution in [-0.4, -0.2) is 23.9 Å². The molecule has 124 valence electrons. The van der Waals surface area contributed by atoms with E-state index in [-0.39, 0.29) is 32.5 Å². The van der Waals surface area contributed by atoms with Gasteiger partial charge in [0.15, 0.2) is 0 Å². The third kappa shape index (κ3) is 3.81. The number of anilines is 1. The van der Waals surface area contributed by atoms with Gasteiger partial charge < -0.3 is 10.1 Å². The predicted molar refractivity (Wildman–Crippen MR) is 88.9 cm³/mol. The third-order valence-corrected chi connectivity index (χ3v) is 3.69. The number of nitrogens with zero attached hydrogens (tertiary/aromatic N) is 1. The van der Waals surface area contributed by atoms with Crippen molar-refractivity contribution >= 4 is 46.5 Å². The van der Waals surface area contributed by atoms with Crippen molar-refractivity contribution in [3.8, 4) is 0 Å². The van der Waals surface area contributed by atoms with Crippen molar-refractivity contribution in [2.24, 2.45) is 0 Å². The summed E-state index contributed by atoms with van der Waals surface area (Å²) in [5, 5.41) is 13.3. The lowest BCUT2D eigenvalue weighted by Gasteiger charge is -2.10. The third-order valence-electron chi connectivity index (χ3n) is 3.04. The lowest BCUT2D eigenvalue weighted by atomic mass is 10.1. The standard InChI is InChI=1S/C15H10Cl2N2O5/c1-24-15(21)8-2-5-11(16)13(6-8)18-14(20)10-4-3-9(19(22)23)7-12(10)17/h2-7H,1H3,(H,18,20). The van der Waals surface area contributed by atoms with E-state index in [1.54, 1.807) is 0 Å². The summed E-state index contributed by atoms with van der Waals surface area (Å²) in [6.45, 7) is 0. The quantitative estimate of drug-likeness (QED) is 0.500. The van der Waals surface area contributed by atoms with Crippen LogP contribution in [0.1, 0.15) is 20.7 Å². The molecule has 9 heteroatoms. The molecule has 0 heterocycles. The summed E-state index contributed by atoms with van der Waals surface area (Å²) in [5.41, 5.74) is 0.176. The molecule has 0 fully saturated rings. The molecule has 2 rings (SSSR count). The molecular formula is C15H10Cl2N2O5. The number of nitrogens with one attached hydrogen (secondary N) is 1. The Kier molecular flexibility index (Phi) is 5.38. The van der Waals surface area contributed by atoms with Crippen LogP contribution in [0.3, 0.4) is 0 Å². The first-order valence-corrected chi connectivity index (χ1v) is 7.22. The van der Waals surface area contributed by atoms with E-state index in [0.717, 1.165) is 12.1 Å². The first-order valence-electron chi connectivity index (χ1n) is 6.46. The zero-order valence-electron chi connectivity index (χ0n) is 12.2. The molecule has 1 N–H and O–H groups in total. The summed E-state index contributed by atoms with van der Waals surface area (Å²) in [6.07, 6.45) is 0. The maximum absolute atomic E-state index is 12.3. The van der Waals surface area contributed by atoms with E-state index >= 15 is 0 Å². The number of ether oxygens (including phenoxy) is 1. The van der Waals surface area contributed by atoms with Gasteiger partial charge in [-0.1, -0.05) is 23.2 Å². The van der Waals surface area contributed by atoms with Crippen LogP contribution in [-0.2, 0) is 4.74 Å². The van der Waals surface area contributed by atoms with E-state index in [1.807, 2.05) is 0 Å². The molecule has 0 aliphatic carbocycles. The Morgan fingerprint density at radius 3 is 2.42 bits per heavy atom. The van der Waals surface area contributed by atoms with Gasteiger partial charge in [-0.2, -0.15) is 0 Å². The number of benzene rings is 2. The highest BCUT2D eigenvalue weighted by Crippen LogP contribution is 2.27. The number of non-ortho nitro benzene ring substituents is 1. The van der Waals surface area contributed by atoms with E-state index in [4.69, 9.17) is 23.2 Å². The molecule has 0 spiro atoms. The lowest BCUT2D eigenvalue weighted by molar-refractivity contribution is -0.384. The Hall–Kier alpha value is -2.64. The topological polar surface area (TPSA) is 98.5 Å². The number of carbonyl (C=O) groups excluding carboxylic acids is 2. The first kappa shape index (κ1) is 17.7. The number of hydrogen-bond acceptors (Lipinski definition) is 5. The van der Waals surface area contributed by atoms with E-state index in [1.165, 1.54) is 31.4 Å². The SMILES string of the molecule is COC(=O)c1ccc(Cl)c(NC(=O)c2ccc([N+](=O)[O-])cc2Cl)c1. The van der Waals surface area contributed by atoms with Gasteiger partial charge in [-0.05, 0) is 24.3 Å². The number of methoxy groups -OCH3 is 1. The fraction of sp³-hybridized carbons (Fsp3) is 0.0667. The average Bonchev–Trinajstić information content (AvgIpc) is 2.55. The van der Waals surface area contributed by atoms with Crippen LogP contribution in [0, 0.1) is 10.1 Å². The molecule has 0 radical (unpaired) electrons. The highest BCUT2D eigenvalue weighted by Gasteiger charge is 2.17. The highest BCUT2D eigenvalue weighted by atomic mass is 35.5. The van der Waals surface area contributed by atoms with Crippen molar-refractivity contribution in [2.75, 3.05) is 12.4 Å². The van der Waals surface area contributed by atoms with Crippen LogP contribution in [0.4, 0.5) is 11.4 Å². The minimum atomic E-state index is -0.626. The van der Waals surface area contributed by atoms with Crippen LogP contribution in [0.5, 0.6) is 0 Å². The van der Waals surface area contributed by atoms with Crippen LogP contribution >= 0.6 is 23.2 Å². The van der Waals surface area contributed by atoms with Crippen molar-refractivity contribution in [3.63, 3.8) is 0 Å². The molecule has 0 aliphatic rings. The Labute approximate surface area is 146 Å². The smallest absolute Gasteiger partial charge is 0.337 e. The average molecular weight is 369 g/mol. The number of carbonyl (C=O) groups is 2. The molecular weight excluding hydrogens is 359 g/mol. The van der Waals surface area contributed by atoms with Crippen molar-refractivity contribution < 1.29 is 19.2 Å². The van der Waals surface area contributed by atoms with Gasteiger partial charge in [0.05, 0.1) is 38.9 Å². The molecule has 24 heavy (non-hydrogen) atoms. The minimum absolute atomic E-state index is 0.0294. The van der Waals surface area contributed by atoms with Crippen LogP contribution < -0.4 is 5.32 Å². The Morgan fingerprint density at radius 2 is 1.83 bits per heavy atom. The van der Waals surface area contributed by atoms with Crippen molar-refractivity contribution in [1.29, 1.82) is 0 Å². The van der Waals surface area contributed by atoms with Crippen molar-refractivity contribution in [3.05, 3.63) is 67.7 Å². The summed E-state index contributed by atoms with van der Waals surface area (Å²) in [5.74, 6) is -1.21. The van der Waals surface area contributed by atoms with Gasteiger partial charge in [0.1, 0.15) is 0 Å². The number of nitro benzene ring substituents is 1. The molecule has 0 atom stereocenters.